The minimum Gasteiger partial charge on any atom is -0.493 e. The normalized spacial score (nSPS) is 14.8. The lowest BCUT2D eigenvalue weighted by molar-refractivity contribution is -0.136. The number of nitrogens with zero attached hydrogens (tertiary/aromatic N) is 1. The fraction of sp³-hybridized carbons (Fsp3) is 0.308. The molecule has 0 spiro atoms. The maximum atomic E-state index is 12.3. The van der Waals surface area contributed by atoms with Crippen LogP contribution in [0.15, 0.2) is 51.2 Å². The van der Waals surface area contributed by atoms with Crippen molar-refractivity contribution in [2.45, 2.75) is 19.9 Å². The quantitative estimate of drug-likeness (QED) is 0.201. The van der Waals surface area contributed by atoms with Gasteiger partial charge in [-0.2, -0.15) is 5.10 Å². The van der Waals surface area contributed by atoms with Crippen molar-refractivity contribution in [3.8, 4) is 23.0 Å². The summed E-state index contributed by atoms with van der Waals surface area (Å²) >= 11 is 3.44. The summed E-state index contributed by atoms with van der Waals surface area (Å²) in [4.78, 5) is 36.7. The van der Waals surface area contributed by atoms with Gasteiger partial charge < -0.3 is 34.3 Å². The minimum absolute atomic E-state index is 0.252. The van der Waals surface area contributed by atoms with E-state index < -0.39 is 23.9 Å². The van der Waals surface area contributed by atoms with E-state index in [9.17, 15) is 14.4 Å². The number of methoxy groups -OCH3 is 3. The van der Waals surface area contributed by atoms with Crippen LogP contribution in [0, 0.1) is 0 Å². The molecular formula is C26H29BrN4O8. The average Bonchev–Trinajstić information content (AvgIpc) is 2.92. The number of hydrazone groups is 1. The van der Waals surface area contributed by atoms with E-state index >= 15 is 0 Å². The topological polar surface area (TPSA) is 146 Å². The third-order valence-electron chi connectivity index (χ3n) is 5.50. The van der Waals surface area contributed by atoms with Crippen molar-refractivity contribution in [1.82, 2.24) is 16.1 Å². The molecule has 3 N–H and O–H groups in total. The number of halogens is 1. The van der Waals surface area contributed by atoms with Gasteiger partial charge in [-0.05, 0) is 65.2 Å². The summed E-state index contributed by atoms with van der Waals surface area (Å²) in [5.74, 6) is 0.575. The van der Waals surface area contributed by atoms with Crippen molar-refractivity contribution in [3.05, 3.63) is 57.2 Å². The number of carbonyl (C=O) groups is 3. The average molecular weight is 605 g/mol. The van der Waals surface area contributed by atoms with Gasteiger partial charge in [-0.15, -0.1) is 0 Å². The van der Waals surface area contributed by atoms with Gasteiger partial charge in [0.25, 0.3) is 5.91 Å². The van der Waals surface area contributed by atoms with E-state index in [1.165, 1.54) is 27.5 Å². The molecule has 1 aliphatic rings. The molecule has 1 heterocycles. The second-order valence-electron chi connectivity index (χ2n) is 8.02. The van der Waals surface area contributed by atoms with Crippen LogP contribution in [-0.4, -0.2) is 58.7 Å². The Morgan fingerprint density at radius 1 is 1.08 bits per heavy atom. The summed E-state index contributed by atoms with van der Waals surface area (Å²) in [5, 5.41) is 9.23. The van der Waals surface area contributed by atoms with Crippen molar-refractivity contribution in [1.29, 1.82) is 0 Å². The Labute approximate surface area is 233 Å². The Morgan fingerprint density at radius 2 is 1.82 bits per heavy atom. The van der Waals surface area contributed by atoms with E-state index in [2.05, 4.69) is 37.1 Å². The molecule has 3 amide bonds. The van der Waals surface area contributed by atoms with E-state index in [0.717, 1.165) is 0 Å². The summed E-state index contributed by atoms with van der Waals surface area (Å²) in [7, 11) is 4.23. The molecule has 13 heteroatoms. The van der Waals surface area contributed by atoms with Gasteiger partial charge in [-0.25, -0.2) is 15.0 Å². The molecule has 208 valence electrons. The number of benzene rings is 2. The highest BCUT2D eigenvalue weighted by molar-refractivity contribution is 9.10. The molecule has 0 unspecified atom stereocenters. The fourth-order valence-electron chi connectivity index (χ4n) is 3.76. The number of carbonyl (C=O) groups excluding carboxylic acids is 3. The maximum Gasteiger partial charge on any atom is 0.337 e. The third kappa shape index (κ3) is 7.19. The lowest BCUT2D eigenvalue weighted by Crippen LogP contribution is -2.45. The molecule has 0 aromatic heterocycles. The first-order valence-electron chi connectivity index (χ1n) is 11.7. The first-order chi connectivity index (χ1) is 18.7. The van der Waals surface area contributed by atoms with Crippen molar-refractivity contribution in [3.63, 3.8) is 0 Å². The van der Waals surface area contributed by atoms with E-state index in [1.54, 1.807) is 37.3 Å². The van der Waals surface area contributed by atoms with Gasteiger partial charge in [0, 0.05) is 5.70 Å². The number of amides is 3. The molecule has 0 bridgehead atoms. The van der Waals surface area contributed by atoms with Crippen LogP contribution in [0.3, 0.4) is 0 Å². The molecule has 12 nitrogen and oxygen atoms in total. The molecule has 0 fully saturated rings. The second kappa shape index (κ2) is 13.5. The molecule has 2 aromatic rings. The largest absolute Gasteiger partial charge is 0.493 e. The minimum atomic E-state index is -0.770. The van der Waals surface area contributed by atoms with Crippen LogP contribution in [0.1, 0.15) is 31.0 Å². The molecule has 0 radical (unpaired) electrons. The van der Waals surface area contributed by atoms with E-state index in [-0.39, 0.29) is 17.9 Å². The number of hydrogen-bond donors (Lipinski definition) is 3. The number of hydrogen-bond acceptors (Lipinski definition) is 9. The summed E-state index contributed by atoms with van der Waals surface area (Å²) in [6, 6.07) is 7.10. The molecule has 0 saturated heterocycles. The summed E-state index contributed by atoms with van der Waals surface area (Å²) in [6.45, 7) is 3.61. The highest BCUT2D eigenvalue weighted by Gasteiger charge is 2.32. The van der Waals surface area contributed by atoms with Crippen LogP contribution < -0.4 is 35.0 Å². The Hall–Kier alpha value is -4.26. The van der Waals surface area contributed by atoms with Crippen molar-refractivity contribution in [2.75, 3.05) is 34.5 Å². The molecule has 2 aromatic carbocycles. The summed E-state index contributed by atoms with van der Waals surface area (Å²) in [6.07, 6.45) is 1.46. The lowest BCUT2D eigenvalue weighted by Gasteiger charge is -2.28. The maximum absolute atomic E-state index is 12.3. The number of allylic oxidation sites excluding steroid dienone is 1. The number of rotatable bonds is 11. The van der Waals surface area contributed by atoms with Crippen LogP contribution in [-0.2, 0) is 14.3 Å². The van der Waals surface area contributed by atoms with Gasteiger partial charge in [0.1, 0.15) is 0 Å². The summed E-state index contributed by atoms with van der Waals surface area (Å²) < 4.78 is 27.5. The standard InChI is InChI=1S/C26H29BrN4O8/c1-6-38-24-17(27)9-15(10-20(24)36-4)12-28-31-21(32)13-39-18-8-7-16(11-19(18)35-3)23-22(25(33)37-5)14(2)29-26(34)30-23/h7-12,23H,6,13H2,1-5H3,(H,31,32)(H2,29,30,34)/b28-12-/t23-/m0/s1. The van der Waals surface area contributed by atoms with Gasteiger partial charge in [-0.3, -0.25) is 4.79 Å². The molecule has 0 saturated carbocycles. The zero-order valence-corrected chi connectivity index (χ0v) is 23.6. The Morgan fingerprint density at radius 3 is 2.49 bits per heavy atom. The predicted molar refractivity (Wildman–Crippen MR) is 145 cm³/mol. The predicted octanol–water partition coefficient (Wildman–Crippen LogP) is 3.20. The zero-order valence-electron chi connectivity index (χ0n) is 22.0. The molecule has 0 aliphatic carbocycles. The molecule has 3 rings (SSSR count). The highest BCUT2D eigenvalue weighted by atomic mass is 79.9. The van der Waals surface area contributed by atoms with Crippen LogP contribution >= 0.6 is 15.9 Å². The summed E-state index contributed by atoms with van der Waals surface area (Å²) in [5.41, 5.74) is 4.25. The number of urea groups is 1. The number of ether oxygens (including phenoxy) is 5. The first-order valence-corrected chi connectivity index (χ1v) is 12.5. The van der Waals surface area contributed by atoms with Gasteiger partial charge in [0.05, 0.1) is 50.2 Å². The van der Waals surface area contributed by atoms with Gasteiger partial charge in [0.15, 0.2) is 29.6 Å². The third-order valence-corrected chi connectivity index (χ3v) is 6.09. The monoisotopic (exact) mass is 604 g/mol. The van der Waals surface area contributed by atoms with Gasteiger partial charge >= 0.3 is 12.0 Å². The Kier molecular flexibility index (Phi) is 10.1. The van der Waals surface area contributed by atoms with E-state index in [4.69, 9.17) is 23.7 Å². The van der Waals surface area contributed by atoms with E-state index in [0.29, 0.717) is 45.2 Å². The molecule has 1 aliphatic heterocycles. The zero-order chi connectivity index (χ0) is 28.5. The Bertz CT molecular complexity index is 1310. The van der Waals surface area contributed by atoms with E-state index in [1.807, 2.05) is 6.92 Å². The van der Waals surface area contributed by atoms with Crippen LogP contribution in [0.25, 0.3) is 0 Å². The highest BCUT2D eigenvalue weighted by Crippen LogP contribution is 2.36. The smallest absolute Gasteiger partial charge is 0.337 e. The van der Waals surface area contributed by atoms with Gasteiger partial charge in [0.2, 0.25) is 0 Å². The van der Waals surface area contributed by atoms with Crippen molar-refractivity contribution < 1.29 is 38.1 Å². The number of esters is 1. The van der Waals surface area contributed by atoms with Gasteiger partial charge in [-0.1, -0.05) is 6.07 Å². The number of nitrogens with one attached hydrogen (secondary N) is 3. The first kappa shape index (κ1) is 29.3. The van der Waals surface area contributed by atoms with Crippen LogP contribution in [0.2, 0.25) is 0 Å². The SMILES string of the molecule is CCOc1c(Br)cc(/C=N\NC(=O)COc2ccc([C@@H]3NC(=O)NC(C)=C3C(=O)OC)cc2OC)cc1OC. The molecule has 1 atom stereocenters. The molecule has 39 heavy (non-hydrogen) atoms. The van der Waals surface area contributed by atoms with Crippen LogP contribution in [0.4, 0.5) is 4.79 Å². The Balaban J connectivity index is 1.67. The fourth-order valence-corrected chi connectivity index (χ4v) is 4.33. The lowest BCUT2D eigenvalue weighted by atomic mass is 9.95. The van der Waals surface area contributed by atoms with Crippen LogP contribution in [0.5, 0.6) is 23.0 Å². The van der Waals surface area contributed by atoms with Crippen molar-refractivity contribution in [2.24, 2.45) is 5.10 Å². The molecular weight excluding hydrogens is 576 g/mol. The van der Waals surface area contributed by atoms with Crippen molar-refractivity contribution >= 4 is 40.1 Å². The second-order valence-corrected chi connectivity index (χ2v) is 8.88.